The Morgan fingerprint density at radius 3 is 2.03 bits per heavy atom. The zero-order chi connectivity index (χ0) is 21.7. The Hall–Kier alpha value is -2.82. The summed E-state index contributed by atoms with van der Waals surface area (Å²) in [5.41, 5.74) is 0.754. The monoisotopic (exact) mass is 436 g/mol. The van der Waals surface area contributed by atoms with Gasteiger partial charge in [0.2, 0.25) is 15.8 Å². The molecule has 0 atom stereocenters. The zero-order valence-electron chi connectivity index (χ0n) is 17.0. The summed E-state index contributed by atoms with van der Waals surface area (Å²) in [5.74, 6) is 0.813. The van der Waals surface area contributed by atoms with Crippen molar-refractivity contribution in [2.45, 2.75) is 4.90 Å². The molecule has 1 heterocycles. The molecule has 3 rings (SSSR count). The van der Waals surface area contributed by atoms with Gasteiger partial charge in [0.05, 0.1) is 39.4 Å². The van der Waals surface area contributed by atoms with Crippen molar-refractivity contribution in [2.75, 3.05) is 52.9 Å². The molecule has 0 bridgehead atoms. The van der Waals surface area contributed by atoms with Crippen molar-refractivity contribution in [3.05, 3.63) is 42.0 Å². The first kappa shape index (κ1) is 21.9. The minimum absolute atomic E-state index is 0.133. The van der Waals surface area contributed by atoms with Crippen molar-refractivity contribution in [2.24, 2.45) is 0 Å². The van der Waals surface area contributed by atoms with Gasteiger partial charge in [0.25, 0.3) is 5.91 Å². The van der Waals surface area contributed by atoms with Gasteiger partial charge in [-0.2, -0.15) is 4.31 Å². The van der Waals surface area contributed by atoms with Crippen LogP contribution >= 0.6 is 0 Å². The van der Waals surface area contributed by atoms with Gasteiger partial charge in [-0.05, 0) is 24.3 Å². The Labute approximate surface area is 175 Å². The lowest BCUT2D eigenvalue weighted by Gasteiger charge is -2.26. The Balaban J connectivity index is 1.78. The Morgan fingerprint density at radius 2 is 1.53 bits per heavy atom. The second-order valence-electron chi connectivity index (χ2n) is 6.41. The lowest BCUT2D eigenvalue weighted by atomic mass is 10.2. The largest absolute Gasteiger partial charge is 0.493 e. The van der Waals surface area contributed by atoms with Crippen LogP contribution in [0.4, 0.5) is 5.69 Å². The number of hydrogen-bond acceptors (Lipinski definition) is 7. The van der Waals surface area contributed by atoms with Crippen molar-refractivity contribution in [3.63, 3.8) is 0 Å². The number of sulfonamides is 1. The van der Waals surface area contributed by atoms with Crippen LogP contribution in [0.3, 0.4) is 0 Å². The summed E-state index contributed by atoms with van der Waals surface area (Å²) in [4.78, 5) is 12.8. The third-order valence-electron chi connectivity index (χ3n) is 4.65. The van der Waals surface area contributed by atoms with E-state index in [1.807, 2.05) is 0 Å². The highest BCUT2D eigenvalue weighted by Gasteiger charge is 2.26. The SMILES string of the molecule is COc1cc(NC(=O)c2ccc(S(=O)(=O)N3CCOCC3)cc2)cc(OC)c1OC. The maximum absolute atomic E-state index is 12.7. The van der Waals surface area contributed by atoms with Crippen LogP contribution in [0.15, 0.2) is 41.3 Å². The molecule has 0 aromatic heterocycles. The summed E-state index contributed by atoms with van der Waals surface area (Å²) < 4.78 is 47.8. The Bertz CT molecular complexity index is 975. The molecule has 2 aromatic carbocycles. The average Bonchev–Trinajstić information content (AvgIpc) is 2.78. The molecular weight excluding hydrogens is 412 g/mol. The number of methoxy groups -OCH3 is 3. The minimum atomic E-state index is -3.61. The molecule has 0 unspecified atom stereocenters. The number of amides is 1. The van der Waals surface area contributed by atoms with Crippen molar-refractivity contribution in [1.82, 2.24) is 4.31 Å². The molecule has 0 saturated carbocycles. The summed E-state index contributed by atoms with van der Waals surface area (Å²) >= 11 is 0. The predicted molar refractivity (Wildman–Crippen MR) is 110 cm³/mol. The highest BCUT2D eigenvalue weighted by atomic mass is 32.2. The minimum Gasteiger partial charge on any atom is -0.493 e. The second kappa shape index (κ2) is 9.33. The molecule has 1 amide bonds. The molecule has 1 N–H and O–H groups in total. The van der Waals surface area contributed by atoms with Gasteiger partial charge in [-0.1, -0.05) is 0 Å². The highest BCUT2D eigenvalue weighted by molar-refractivity contribution is 7.89. The number of nitrogens with one attached hydrogen (secondary N) is 1. The molecule has 1 aliphatic rings. The van der Waals surface area contributed by atoms with Crippen LogP contribution in [0.2, 0.25) is 0 Å². The standard InChI is InChI=1S/C20H24N2O7S/c1-26-17-12-15(13-18(27-2)19(17)28-3)21-20(23)14-4-6-16(7-5-14)30(24,25)22-8-10-29-11-9-22/h4-7,12-13H,8-11H2,1-3H3,(H,21,23). The van der Waals surface area contributed by atoms with Crippen molar-refractivity contribution < 1.29 is 32.2 Å². The fourth-order valence-electron chi connectivity index (χ4n) is 3.07. The number of morpholine rings is 1. The first-order valence-electron chi connectivity index (χ1n) is 9.20. The van der Waals surface area contributed by atoms with E-state index in [4.69, 9.17) is 18.9 Å². The van der Waals surface area contributed by atoms with Crippen LogP contribution in [0, 0.1) is 0 Å². The van der Waals surface area contributed by atoms with Crippen LogP contribution in [0.1, 0.15) is 10.4 Å². The second-order valence-corrected chi connectivity index (χ2v) is 8.35. The maximum Gasteiger partial charge on any atom is 0.255 e. The molecule has 1 saturated heterocycles. The van der Waals surface area contributed by atoms with Crippen LogP contribution in [-0.2, 0) is 14.8 Å². The van der Waals surface area contributed by atoms with Gasteiger partial charge in [-0.15, -0.1) is 0 Å². The van der Waals surface area contributed by atoms with E-state index in [1.165, 1.54) is 49.9 Å². The van der Waals surface area contributed by atoms with E-state index >= 15 is 0 Å². The molecule has 2 aromatic rings. The van der Waals surface area contributed by atoms with Crippen molar-refractivity contribution in [1.29, 1.82) is 0 Å². The van der Waals surface area contributed by atoms with E-state index in [0.29, 0.717) is 54.8 Å². The van der Waals surface area contributed by atoms with Gasteiger partial charge in [0.1, 0.15) is 0 Å². The lowest BCUT2D eigenvalue weighted by molar-refractivity contribution is 0.0730. The summed E-state index contributed by atoms with van der Waals surface area (Å²) in [7, 11) is 0.842. The van der Waals surface area contributed by atoms with Gasteiger partial charge in [0.15, 0.2) is 11.5 Å². The van der Waals surface area contributed by atoms with Crippen LogP contribution in [0.25, 0.3) is 0 Å². The fourth-order valence-corrected chi connectivity index (χ4v) is 4.48. The van der Waals surface area contributed by atoms with Crippen LogP contribution in [-0.4, -0.2) is 66.3 Å². The predicted octanol–water partition coefficient (Wildman–Crippen LogP) is 1.99. The Kier molecular flexibility index (Phi) is 6.80. The molecule has 1 fully saturated rings. The molecule has 30 heavy (non-hydrogen) atoms. The summed E-state index contributed by atoms with van der Waals surface area (Å²) in [6.07, 6.45) is 0. The quantitative estimate of drug-likeness (QED) is 0.708. The van der Waals surface area contributed by atoms with Crippen LogP contribution in [0.5, 0.6) is 17.2 Å². The first-order valence-corrected chi connectivity index (χ1v) is 10.6. The number of rotatable bonds is 7. The normalized spacial score (nSPS) is 14.8. The summed E-state index contributed by atoms with van der Waals surface area (Å²) in [6, 6.07) is 9.01. The molecule has 9 nitrogen and oxygen atoms in total. The van der Waals surface area contributed by atoms with Gasteiger partial charge >= 0.3 is 0 Å². The highest BCUT2D eigenvalue weighted by Crippen LogP contribution is 2.40. The molecule has 0 radical (unpaired) electrons. The molecule has 0 aliphatic carbocycles. The van der Waals surface area contributed by atoms with Gasteiger partial charge in [0, 0.05) is 36.5 Å². The molecule has 10 heteroatoms. The fraction of sp³-hybridized carbons (Fsp3) is 0.350. The number of ether oxygens (including phenoxy) is 4. The number of anilines is 1. The van der Waals surface area contributed by atoms with Crippen molar-refractivity contribution in [3.8, 4) is 17.2 Å². The van der Waals surface area contributed by atoms with E-state index in [-0.39, 0.29) is 4.90 Å². The molecular formula is C20H24N2O7S. The third kappa shape index (κ3) is 4.50. The third-order valence-corrected chi connectivity index (χ3v) is 6.56. The van der Waals surface area contributed by atoms with Gasteiger partial charge in [-0.3, -0.25) is 4.79 Å². The number of hydrogen-bond donors (Lipinski definition) is 1. The molecule has 1 aliphatic heterocycles. The van der Waals surface area contributed by atoms with E-state index in [1.54, 1.807) is 12.1 Å². The summed E-state index contributed by atoms with van der Waals surface area (Å²) in [6.45, 7) is 1.36. The van der Waals surface area contributed by atoms with Gasteiger partial charge < -0.3 is 24.3 Å². The lowest BCUT2D eigenvalue weighted by Crippen LogP contribution is -2.40. The molecule has 162 valence electrons. The zero-order valence-corrected chi connectivity index (χ0v) is 17.8. The van der Waals surface area contributed by atoms with E-state index in [9.17, 15) is 13.2 Å². The number of carbonyl (C=O) groups excluding carboxylic acids is 1. The number of nitrogens with zero attached hydrogens (tertiary/aromatic N) is 1. The average molecular weight is 436 g/mol. The smallest absolute Gasteiger partial charge is 0.255 e. The topological polar surface area (TPSA) is 103 Å². The number of benzene rings is 2. The van der Waals surface area contributed by atoms with Crippen LogP contribution < -0.4 is 19.5 Å². The Morgan fingerprint density at radius 1 is 0.967 bits per heavy atom. The first-order chi connectivity index (χ1) is 14.4. The maximum atomic E-state index is 12.7. The van der Waals surface area contributed by atoms with E-state index < -0.39 is 15.9 Å². The van der Waals surface area contributed by atoms with E-state index in [0.717, 1.165) is 0 Å². The van der Waals surface area contributed by atoms with Crippen molar-refractivity contribution >= 4 is 21.6 Å². The summed E-state index contributed by atoms with van der Waals surface area (Å²) in [5, 5.41) is 2.75. The molecule has 0 spiro atoms. The van der Waals surface area contributed by atoms with Gasteiger partial charge in [-0.25, -0.2) is 8.42 Å². The number of carbonyl (C=O) groups is 1. The van der Waals surface area contributed by atoms with E-state index in [2.05, 4.69) is 5.32 Å².